The van der Waals surface area contributed by atoms with E-state index in [1.54, 1.807) is 0 Å². The van der Waals surface area contributed by atoms with E-state index in [4.69, 9.17) is 0 Å². The molecule has 1 amide bonds. The molecule has 1 aliphatic heterocycles. The second-order valence-electron chi connectivity index (χ2n) is 5.93. The highest BCUT2D eigenvalue weighted by Crippen LogP contribution is 2.23. The minimum Gasteiger partial charge on any atom is -0.342 e. The fourth-order valence-electron chi connectivity index (χ4n) is 2.86. The Hall–Kier alpha value is -1.82. The van der Waals surface area contributed by atoms with Crippen LogP contribution in [0.2, 0.25) is 0 Å². The highest BCUT2D eigenvalue weighted by Gasteiger charge is 2.18. The lowest BCUT2D eigenvalue weighted by atomic mass is 10.1. The Morgan fingerprint density at radius 3 is 2.70 bits per heavy atom. The van der Waals surface area contributed by atoms with Gasteiger partial charge in [-0.25, -0.2) is 0 Å². The molecule has 1 fully saturated rings. The SMILES string of the molecule is Cc1cccc(-n2c(C)nnc2SCC(=O)N2CCCCC2)c1. The van der Waals surface area contributed by atoms with E-state index in [1.807, 2.05) is 28.5 Å². The zero-order valence-electron chi connectivity index (χ0n) is 13.7. The number of nitrogens with zero attached hydrogens (tertiary/aromatic N) is 4. The van der Waals surface area contributed by atoms with Gasteiger partial charge in [0.05, 0.1) is 5.75 Å². The summed E-state index contributed by atoms with van der Waals surface area (Å²) < 4.78 is 2.02. The van der Waals surface area contributed by atoms with Crippen LogP contribution in [-0.2, 0) is 4.79 Å². The van der Waals surface area contributed by atoms with Gasteiger partial charge >= 0.3 is 0 Å². The van der Waals surface area contributed by atoms with Gasteiger partial charge in [-0.2, -0.15) is 0 Å². The van der Waals surface area contributed by atoms with Crippen molar-refractivity contribution >= 4 is 17.7 Å². The fourth-order valence-corrected chi connectivity index (χ4v) is 3.76. The summed E-state index contributed by atoms with van der Waals surface area (Å²) in [6, 6.07) is 8.24. The molecule has 0 unspecified atom stereocenters. The lowest BCUT2D eigenvalue weighted by Gasteiger charge is -2.26. The number of likely N-dealkylation sites (tertiary alicyclic amines) is 1. The van der Waals surface area contributed by atoms with Crippen LogP contribution in [-0.4, -0.2) is 44.4 Å². The topological polar surface area (TPSA) is 51.0 Å². The maximum atomic E-state index is 12.3. The van der Waals surface area contributed by atoms with Gasteiger partial charge in [0, 0.05) is 18.8 Å². The third-order valence-electron chi connectivity index (χ3n) is 4.09. The number of aromatic nitrogens is 3. The Kier molecular flexibility index (Phi) is 5.00. The molecule has 5 nitrogen and oxygen atoms in total. The fraction of sp³-hybridized carbons (Fsp3) is 0.471. The van der Waals surface area contributed by atoms with E-state index in [0.717, 1.165) is 42.6 Å². The molecule has 23 heavy (non-hydrogen) atoms. The molecule has 6 heteroatoms. The van der Waals surface area contributed by atoms with Crippen LogP contribution < -0.4 is 0 Å². The second-order valence-corrected chi connectivity index (χ2v) is 6.88. The molecular formula is C17H22N4OS. The van der Waals surface area contributed by atoms with Crippen LogP contribution in [0.4, 0.5) is 0 Å². The first-order valence-corrected chi connectivity index (χ1v) is 9.03. The minimum atomic E-state index is 0.200. The van der Waals surface area contributed by atoms with Gasteiger partial charge in [0.15, 0.2) is 5.16 Å². The summed E-state index contributed by atoms with van der Waals surface area (Å²) >= 11 is 1.47. The monoisotopic (exact) mass is 330 g/mol. The van der Waals surface area contributed by atoms with E-state index in [1.165, 1.54) is 23.7 Å². The first-order valence-electron chi connectivity index (χ1n) is 8.05. The largest absolute Gasteiger partial charge is 0.342 e. The first-order chi connectivity index (χ1) is 11.1. The number of amides is 1. The molecular weight excluding hydrogens is 308 g/mol. The molecule has 122 valence electrons. The number of rotatable bonds is 4. The molecule has 0 saturated carbocycles. The van der Waals surface area contributed by atoms with Crippen LogP contribution in [0.25, 0.3) is 5.69 Å². The summed E-state index contributed by atoms with van der Waals surface area (Å²) in [4.78, 5) is 14.3. The number of hydrogen-bond acceptors (Lipinski definition) is 4. The molecule has 0 spiro atoms. The number of aryl methyl sites for hydroxylation is 2. The van der Waals surface area contributed by atoms with E-state index >= 15 is 0 Å². The number of thioether (sulfide) groups is 1. The molecule has 0 N–H and O–H groups in total. The van der Waals surface area contributed by atoms with Crippen molar-refractivity contribution in [2.75, 3.05) is 18.8 Å². The Labute approximate surface area is 141 Å². The maximum absolute atomic E-state index is 12.3. The van der Waals surface area contributed by atoms with Gasteiger partial charge in [-0.3, -0.25) is 9.36 Å². The molecule has 0 radical (unpaired) electrons. The van der Waals surface area contributed by atoms with E-state index in [0.29, 0.717) is 5.75 Å². The van der Waals surface area contributed by atoms with Crippen molar-refractivity contribution in [3.63, 3.8) is 0 Å². The Morgan fingerprint density at radius 2 is 1.96 bits per heavy atom. The van der Waals surface area contributed by atoms with Crippen molar-refractivity contribution in [2.24, 2.45) is 0 Å². The van der Waals surface area contributed by atoms with E-state index < -0.39 is 0 Å². The van der Waals surface area contributed by atoms with E-state index in [9.17, 15) is 4.79 Å². The molecule has 1 saturated heterocycles. The van der Waals surface area contributed by atoms with Gasteiger partial charge in [-0.1, -0.05) is 23.9 Å². The van der Waals surface area contributed by atoms with Crippen LogP contribution in [0.3, 0.4) is 0 Å². The quantitative estimate of drug-likeness (QED) is 0.809. The first kappa shape index (κ1) is 16.1. The van der Waals surface area contributed by atoms with Crippen molar-refractivity contribution in [1.82, 2.24) is 19.7 Å². The van der Waals surface area contributed by atoms with Gasteiger partial charge in [0.25, 0.3) is 0 Å². The van der Waals surface area contributed by atoms with Crippen LogP contribution in [0.15, 0.2) is 29.4 Å². The molecule has 1 aromatic heterocycles. The second kappa shape index (κ2) is 7.17. The summed E-state index contributed by atoms with van der Waals surface area (Å²) in [5.41, 5.74) is 2.23. The van der Waals surface area contributed by atoms with Crippen molar-refractivity contribution in [3.05, 3.63) is 35.7 Å². The number of piperidine rings is 1. The van der Waals surface area contributed by atoms with E-state index in [-0.39, 0.29) is 5.91 Å². The predicted octanol–water partition coefficient (Wildman–Crippen LogP) is 2.99. The van der Waals surface area contributed by atoms with Gasteiger partial charge in [0.1, 0.15) is 5.82 Å². The number of carbonyl (C=O) groups is 1. The van der Waals surface area contributed by atoms with Gasteiger partial charge in [0.2, 0.25) is 5.91 Å². The molecule has 0 aliphatic carbocycles. The van der Waals surface area contributed by atoms with Crippen LogP contribution in [0.1, 0.15) is 30.7 Å². The lowest BCUT2D eigenvalue weighted by molar-refractivity contribution is -0.129. The van der Waals surface area contributed by atoms with Crippen LogP contribution in [0, 0.1) is 13.8 Å². The van der Waals surface area contributed by atoms with Gasteiger partial charge < -0.3 is 4.90 Å². The summed E-state index contributed by atoms with van der Waals surface area (Å²) in [5, 5.41) is 9.20. The average Bonchev–Trinajstić information content (AvgIpc) is 2.94. The van der Waals surface area contributed by atoms with Crippen molar-refractivity contribution < 1.29 is 4.79 Å². The minimum absolute atomic E-state index is 0.200. The molecule has 2 aromatic rings. The third-order valence-corrected chi connectivity index (χ3v) is 5.00. The zero-order chi connectivity index (χ0) is 16.2. The Bertz CT molecular complexity index is 692. The lowest BCUT2D eigenvalue weighted by Crippen LogP contribution is -2.36. The predicted molar refractivity (Wildman–Crippen MR) is 92.0 cm³/mol. The smallest absolute Gasteiger partial charge is 0.233 e. The summed E-state index contributed by atoms with van der Waals surface area (Å²) in [6.07, 6.45) is 3.47. The number of carbonyl (C=O) groups excluding carboxylic acids is 1. The molecule has 0 atom stereocenters. The van der Waals surface area contributed by atoms with Crippen molar-refractivity contribution in [2.45, 2.75) is 38.3 Å². The number of benzene rings is 1. The van der Waals surface area contributed by atoms with Crippen molar-refractivity contribution in [1.29, 1.82) is 0 Å². The Balaban J connectivity index is 1.72. The van der Waals surface area contributed by atoms with E-state index in [2.05, 4.69) is 29.3 Å². The van der Waals surface area contributed by atoms with Crippen LogP contribution in [0.5, 0.6) is 0 Å². The molecule has 3 rings (SSSR count). The molecule has 2 heterocycles. The van der Waals surface area contributed by atoms with Crippen LogP contribution >= 0.6 is 11.8 Å². The molecule has 1 aliphatic rings. The third kappa shape index (κ3) is 3.75. The summed E-state index contributed by atoms with van der Waals surface area (Å²) in [7, 11) is 0. The molecule has 1 aromatic carbocycles. The highest BCUT2D eigenvalue weighted by atomic mass is 32.2. The Morgan fingerprint density at radius 1 is 1.17 bits per heavy atom. The average molecular weight is 330 g/mol. The normalized spacial score (nSPS) is 15.0. The zero-order valence-corrected chi connectivity index (χ0v) is 14.5. The standard InChI is InChI=1S/C17H22N4OS/c1-13-7-6-8-15(11-13)21-14(2)18-19-17(21)23-12-16(22)20-9-4-3-5-10-20/h6-8,11H,3-5,9-10,12H2,1-2H3. The van der Waals surface area contributed by atoms with Gasteiger partial charge in [-0.15, -0.1) is 10.2 Å². The number of hydrogen-bond donors (Lipinski definition) is 0. The maximum Gasteiger partial charge on any atom is 0.233 e. The summed E-state index contributed by atoms with van der Waals surface area (Å²) in [6.45, 7) is 5.79. The highest BCUT2D eigenvalue weighted by molar-refractivity contribution is 7.99. The summed E-state index contributed by atoms with van der Waals surface area (Å²) in [5.74, 6) is 1.46. The van der Waals surface area contributed by atoms with Crippen molar-refractivity contribution in [3.8, 4) is 5.69 Å². The van der Waals surface area contributed by atoms with Gasteiger partial charge in [-0.05, 0) is 50.8 Å². The molecule has 0 bridgehead atoms.